The van der Waals surface area contributed by atoms with Crippen LogP contribution < -0.4 is 10.2 Å². The molecule has 0 atom stereocenters. The minimum Gasteiger partial charge on any atom is -0.368 e. The average molecular weight is 354 g/mol. The number of benzene rings is 1. The first-order valence-corrected chi connectivity index (χ1v) is 8.30. The van der Waals surface area contributed by atoms with E-state index in [2.05, 4.69) is 65.1 Å². The van der Waals surface area contributed by atoms with Crippen LogP contribution >= 0.6 is 15.9 Å². The highest BCUT2D eigenvalue weighted by Gasteiger charge is 2.21. The van der Waals surface area contributed by atoms with Gasteiger partial charge in [0.25, 0.3) is 0 Å². The summed E-state index contributed by atoms with van der Waals surface area (Å²) in [6.07, 6.45) is 0. The Morgan fingerprint density at radius 1 is 1.29 bits per heavy atom. The van der Waals surface area contributed by atoms with Gasteiger partial charge in [-0.2, -0.15) is 0 Å². The van der Waals surface area contributed by atoms with Crippen LogP contribution in [-0.4, -0.2) is 43.7 Å². The Kier molecular flexibility index (Phi) is 5.51. The van der Waals surface area contributed by atoms with Crippen LogP contribution in [0.3, 0.4) is 0 Å². The molecule has 1 aliphatic rings. The summed E-state index contributed by atoms with van der Waals surface area (Å²) in [5, 5.41) is 2.99. The summed E-state index contributed by atoms with van der Waals surface area (Å²) in [6, 6.07) is 6.42. The van der Waals surface area contributed by atoms with E-state index in [1.807, 2.05) is 4.90 Å². The van der Waals surface area contributed by atoms with Crippen LogP contribution in [0.2, 0.25) is 0 Å². The molecule has 1 aromatic rings. The fourth-order valence-corrected chi connectivity index (χ4v) is 3.00. The molecule has 0 bridgehead atoms. The maximum absolute atomic E-state index is 12.0. The second-order valence-electron chi connectivity index (χ2n) is 5.98. The lowest BCUT2D eigenvalue weighted by molar-refractivity contribution is 0.193. The van der Waals surface area contributed by atoms with Crippen molar-refractivity contribution < 1.29 is 4.79 Å². The molecule has 1 aromatic carbocycles. The summed E-state index contributed by atoms with van der Waals surface area (Å²) in [5.74, 6) is 0.487. The number of urea groups is 1. The molecule has 5 heteroatoms. The van der Waals surface area contributed by atoms with Gasteiger partial charge in [-0.25, -0.2) is 4.79 Å². The lowest BCUT2D eigenvalue weighted by Crippen LogP contribution is -2.52. The second-order valence-corrected chi connectivity index (χ2v) is 6.90. The Labute approximate surface area is 135 Å². The minimum atomic E-state index is 0.0656. The Hall–Kier alpha value is -1.23. The maximum atomic E-state index is 12.0. The van der Waals surface area contributed by atoms with Gasteiger partial charge < -0.3 is 15.1 Å². The second kappa shape index (κ2) is 7.16. The van der Waals surface area contributed by atoms with Gasteiger partial charge in [0.1, 0.15) is 0 Å². The third-order valence-electron chi connectivity index (χ3n) is 3.73. The molecule has 0 unspecified atom stereocenters. The standard InChI is InChI=1S/C16H24BrN3O/c1-12(2)11-18-16(21)20-8-6-19(7-9-20)15-5-4-14(17)10-13(15)3/h4-5,10,12H,6-9,11H2,1-3H3,(H,18,21). The Balaban J connectivity index is 1.89. The molecule has 0 saturated carbocycles. The van der Waals surface area contributed by atoms with Crippen LogP contribution in [0.5, 0.6) is 0 Å². The first-order valence-electron chi connectivity index (χ1n) is 7.51. The highest BCUT2D eigenvalue weighted by Crippen LogP contribution is 2.24. The smallest absolute Gasteiger partial charge is 0.317 e. The Bertz CT molecular complexity index is 496. The molecule has 1 heterocycles. The molecule has 21 heavy (non-hydrogen) atoms. The van der Waals surface area contributed by atoms with Gasteiger partial charge >= 0.3 is 6.03 Å². The van der Waals surface area contributed by atoms with Crippen LogP contribution in [0, 0.1) is 12.8 Å². The molecule has 2 rings (SSSR count). The predicted octanol–water partition coefficient (Wildman–Crippen LogP) is 3.25. The number of carbonyl (C=O) groups excluding carboxylic acids is 1. The molecule has 0 spiro atoms. The van der Waals surface area contributed by atoms with Crippen molar-refractivity contribution in [1.29, 1.82) is 0 Å². The van der Waals surface area contributed by atoms with Crippen molar-refractivity contribution in [2.75, 3.05) is 37.6 Å². The molecule has 116 valence electrons. The van der Waals surface area contributed by atoms with E-state index in [-0.39, 0.29) is 6.03 Å². The van der Waals surface area contributed by atoms with E-state index in [4.69, 9.17) is 0 Å². The number of nitrogens with one attached hydrogen (secondary N) is 1. The van der Waals surface area contributed by atoms with Crippen LogP contribution in [0.15, 0.2) is 22.7 Å². The number of amides is 2. The monoisotopic (exact) mass is 353 g/mol. The molecule has 0 radical (unpaired) electrons. The number of nitrogens with zero attached hydrogens (tertiary/aromatic N) is 2. The zero-order valence-corrected chi connectivity index (χ0v) is 14.6. The van der Waals surface area contributed by atoms with Crippen LogP contribution in [0.4, 0.5) is 10.5 Å². The van der Waals surface area contributed by atoms with Crippen molar-refractivity contribution in [3.05, 3.63) is 28.2 Å². The van der Waals surface area contributed by atoms with E-state index < -0.39 is 0 Å². The zero-order valence-electron chi connectivity index (χ0n) is 13.0. The summed E-state index contributed by atoms with van der Waals surface area (Å²) >= 11 is 3.50. The van der Waals surface area contributed by atoms with Gasteiger partial charge in [-0.05, 0) is 36.6 Å². The normalized spacial score (nSPS) is 15.5. The fourth-order valence-electron chi connectivity index (χ4n) is 2.53. The third-order valence-corrected chi connectivity index (χ3v) is 4.22. The molecule has 1 N–H and O–H groups in total. The van der Waals surface area contributed by atoms with E-state index in [1.165, 1.54) is 11.3 Å². The summed E-state index contributed by atoms with van der Waals surface area (Å²) < 4.78 is 1.11. The number of rotatable bonds is 3. The molecular formula is C16H24BrN3O. The third kappa shape index (κ3) is 4.37. The number of hydrogen-bond donors (Lipinski definition) is 1. The van der Waals surface area contributed by atoms with Gasteiger partial charge in [-0.15, -0.1) is 0 Å². The minimum absolute atomic E-state index is 0.0656. The largest absolute Gasteiger partial charge is 0.368 e. The molecule has 1 aliphatic heterocycles. The lowest BCUT2D eigenvalue weighted by Gasteiger charge is -2.36. The highest BCUT2D eigenvalue weighted by molar-refractivity contribution is 9.10. The van der Waals surface area contributed by atoms with Crippen molar-refractivity contribution >= 4 is 27.6 Å². The number of hydrogen-bond acceptors (Lipinski definition) is 2. The number of halogens is 1. The Morgan fingerprint density at radius 3 is 2.52 bits per heavy atom. The van der Waals surface area contributed by atoms with Gasteiger partial charge in [-0.3, -0.25) is 0 Å². The molecular weight excluding hydrogens is 330 g/mol. The van der Waals surface area contributed by atoms with E-state index in [0.29, 0.717) is 5.92 Å². The van der Waals surface area contributed by atoms with Gasteiger partial charge in [0.15, 0.2) is 0 Å². The van der Waals surface area contributed by atoms with Gasteiger partial charge in [0.2, 0.25) is 0 Å². The van der Waals surface area contributed by atoms with Gasteiger partial charge in [-0.1, -0.05) is 29.8 Å². The Morgan fingerprint density at radius 2 is 1.95 bits per heavy atom. The van der Waals surface area contributed by atoms with Crippen molar-refractivity contribution in [2.45, 2.75) is 20.8 Å². The quantitative estimate of drug-likeness (QED) is 0.905. The number of carbonyl (C=O) groups is 1. The van der Waals surface area contributed by atoms with E-state index in [1.54, 1.807) is 0 Å². The summed E-state index contributed by atoms with van der Waals surface area (Å²) in [5.41, 5.74) is 2.53. The van der Waals surface area contributed by atoms with Gasteiger partial charge in [0, 0.05) is 42.9 Å². The van der Waals surface area contributed by atoms with Crippen LogP contribution in [0.25, 0.3) is 0 Å². The summed E-state index contributed by atoms with van der Waals surface area (Å²) in [4.78, 5) is 16.3. The van der Waals surface area contributed by atoms with Crippen LogP contribution in [0.1, 0.15) is 19.4 Å². The topological polar surface area (TPSA) is 35.6 Å². The molecule has 4 nitrogen and oxygen atoms in total. The van der Waals surface area contributed by atoms with Crippen molar-refractivity contribution in [3.63, 3.8) is 0 Å². The predicted molar refractivity (Wildman–Crippen MR) is 90.9 cm³/mol. The summed E-state index contributed by atoms with van der Waals surface area (Å²) in [6.45, 7) is 10.4. The first-order chi connectivity index (χ1) is 9.97. The number of anilines is 1. The molecule has 1 fully saturated rings. The lowest BCUT2D eigenvalue weighted by atomic mass is 10.1. The first kappa shape index (κ1) is 16.1. The number of aryl methyl sites for hydroxylation is 1. The van der Waals surface area contributed by atoms with Crippen molar-refractivity contribution in [2.24, 2.45) is 5.92 Å². The van der Waals surface area contributed by atoms with Gasteiger partial charge in [0.05, 0.1) is 0 Å². The molecule has 0 aromatic heterocycles. The van der Waals surface area contributed by atoms with Crippen molar-refractivity contribution in [3.8, 4) is 0 Å². The fraction of sp³-hybridized carbons (Fsp3) is 0.562. The zero-order chi connectivity index (χ0) is 15.4. The maximum Gasteiger partial charge on any atom is 0.317 e. The average Bonchev–Trinajstić information content (AvgIpc) is 2.45. The summed E-state index contributed by atoms with van der Waals surface area (Å²) in [7, 11) is 0. The number of piperazine rings is 1. The van der Waals surface area contributed by atoms with E-state index in [0.717, 1.165) is 37.2 Å². The van der Waals surface area contributed by atoms with E-state index in [9.17, 15) is 4.79 Å². The van der Waals surface area contributed by atoms with Crippen molar-refractivity contribution in [1.82, 2.24) is 10.2 Å². The van der Waals surface area contributed by atoms with Crippen LogP contribution in [-0.2, 0) is 0 Å². The molecule has 0 aliphatic carbocycles. The highest BCUT2D eigenvalue weighted by atomic mass is 79.9. The SMILES string of the molecule is Cc1cc(Br)ccc1N1CCN(C(=O)NCC(C)C)CC1. The molecule has 2 amide bonds. The molecule has 1 saturated heterocycles. The van der Waals surface area contributed by atoms with E-state index >= 15 is 0 Å².